The Balaban J connectivity index is 0.000000442. The number of hydrogen-bond donors (Lipinski definition) is 0. The molecule has 50 heavy (non-hydrogen) atoms. The predicted molar refractivity (Wildman–Crippen MR) is 211 cm³/mol. The molecule has 0 saturated heterocycles. The molecule has 4 rings (SSSR count). The maximum atomic E-state index is 12.4. The third kappa shape index (κ3) is 12.5. The van der Waals surface area contributed by atoms with Gasteiger partial charge in [-0.05, 0) is 111 Å². The molecule has 5 heteroatoms. The first-order valence-electron chi connectivity index (χ1n) is 21.8. The predicted octanol–water partition coefficient (Wildman–Crippen LogP) is 12.1. The third-order valence-corrected chi connectivity index (χ3v) is 23.3. The molecule has 0 radical (unpaired) electrons. The first-order chi connectivity index (χ1) is 23.9. The van der Waals surface area contributed by atoms with Crippen LogP contribution in [0.4, 0.5) is 0 Å². The molecule has 0 N–H and O–H groups in total. The molecule has 0 aromatic carbocycles. The van der Waals surface area contributed by atoms with E-state index in [1.807, 2.05) is 0 Å². The van der Waals surface area contributed by atoms with Gasteiger partial charge in [0.2, 0.25) is 0 Å². The Labute approximate surface area is 317 Å². The van der Waals surface area contributed by atoms with Crippen molar-refractivity contribution >= 4 is 31.7 Å². The number of aliphatic carboxylic acids is 1. The number of esters is 1. The quantitative estimate of drug-likeness (QED) is 0.0532. The Bertz CT molecular complexity index is 1020. The minimum absolute atomic E-state index is 0.0130. The third-order valence-electron chi connectivity index (χ3n) is 14.2. The fourth-order valence-corrected chi connectivity index (χ4v) is 20.6. The Morgan fingerprint density at radius 2 is 1.46 bits per heavy atom. The summed E-state index contributed by atoms with van der Waals surface area (Å²) in [5, 5.41) is 10.6. The summed E-state index contributed by atoms with van der Waals surface area (Å²) in [4.78, 5) is 22.9. The van der Waals surface area contributed by atoms with Gasteiger partial charge in [0.15, 0.2) is 0 Å². The second kappa shape index (κ2) is 22.0. The number of ether oxygens (including phenoxy) is 1. The summed E-state index contributed by atoms with van der Waals surface area (Å²) in [6.45, 7) is 19.4. The summed E-state index contributed by atoms with van der Waals surface area (Å²) in [6, 6.07) is 0. The van der Waals surface area contributed by atoms with Crippen LogP contribution >= 0.6 is 0 Å². The molecule has 0 aromatic heterocycles. The van der Waals surface area contributed by atoms with Crippen molar-refractivity contribution in [3.63, 3.8) is 0 Å². The number of rotatable bonds is 20. The van der Waals surface area contributed by atoms with Crippen molar-refractivity contribution in [3.05, 3.63) is 11.6 Å². The molecule has 0 aromatic rings. The van der Waals surface area contributed by atoms with Crippen LogP contribution < -0.4 is 5.11 Å². The van der Waals surface area contributed by atoms with Gasteiger partial charge < -0.3 is 14.6 Å². The van der Waals surface area contributed by atoms with Crippen LogP contribution in [0.2, 0.25) is 13.3 Å². The first kappa shape index (κ1) is 43.9. The standard InChI is InChI=1S/C33H54O4.3C4H9.Sn/c1-22(2)9-8-10-23(3)27-15-16-28-26-14-13-24-21-25(37-31(36)12-7-6-11-30(34)35)17-19-32(24,4)29(26)18-20-33(27,28)5;3*1-3-4-2;/h13,22-23,25-29H,6-12,14-21H2,1-5H3,(H,34,35);3*1,3-4H2,2H3;/q;;;;+1/p-1/t23-,25?,26?,27-,28?,29?,32+,33-;;;;/m1..../s1. The first-order valence-corrected chi connectivity index (χ1v) is 27.9. The Hall–Kier alpha value is -0.521. The summed E-state index contributed by atoms with van der Waals surface area (Å²) in [6.07, 6.45) is 26.7. The van der Waals surface area contributed by atoms with E-state index in [0.29, 0.717) is 24.7 Å². The minimum atomic E-state index is -1.05. The maximum absolute atomic E-state index is 12.4. The van der Waals surface area contributed by atoms with E-state index >= 15 is 0 Å². The number of allylic oxidation sites excluding steroid dienone is 1. The van der Waals surface area contributed by atoms with Gasteiger partial charge in [-0.15, -0.1) is 0 Å². The summed E-state index contributed by atoms with van der Waals surface area (Å²) in [5.74, 6) is 3.81. The monoisotopic (exact) mass is 805 g/mol. The number of hydrogen-bond acceptors (Lipinski definition) is 4. The molecule has 0 heterocycles. The molecule has 3 fully saturated rings. The van der Waals surface area contributed by atoms with E-state index in [0.717, 1.165) is 54.8 Å². The molecule has 8 atom stereocenters. The van der Waals surface area contributed by atoms with Crippen molar-refractivity contribution in [1.82, 2.24) is 0 Å². The second-order valence-electron chi connectivity index (χ2n) is 18.3. The fourth-order valence-electron chi connectivity index (χ4n) is 11.2. The van der Waals surface area contributed by atoms with Gasteiger partial charge in [-0.2, -0.15) is 0 Å². The van der Waals surface area contributed by atoms with Gasteiger partial charge in [-0.3, -0.25) is 4.79 Å². The zero-order valence-corrected chi connectivity index (χ0v) is 37.1. The van der Waals surface area contributed by atoms with E-state index in [4.69, 9.17) is 4.74 Å². The van der Waals surface area contributed by atoms with E-state index in [1.165, 1.54) is 89.9 Å². The van der Waals surface area contributed by atoms with E-state index in [2.05, 4.69) is 61.5 Å². The fraction of sp³-hybridized carbons (Fsp3) is 0.911. The van der Waals surface area contributed by atoms with Crippen molar-refractivity contribution in [2.24, 2.45) is 46.3 Å². The van der Waals surface area contributed by atoms with Crippen LogP contribution in [0.15, 0.2) is 11.6 Å². The number of carboxylic acids is 1. The number of carboxylic acid groups (broad SMARTS) is 1. The van der Waals surface area contributed by atoms with Gasteiger partial charge in [0.05, 0.1) is 0 Å². The zero-order valence-electron chi connectivity index (χ0n) is 34.2. The molecule has 4 aliphatic carbocycles. The molecule has 4 aliphatic rings. The van der Waals surface area contributed by atoms with Crippen LogP contribution in [0.5, 0.6) is 0 Å². The number of carbonyl (C=O) groups is 2. The molecule has 0 amide bonds. The van der Waals surface area contributed by atoms with Crippen LogP contribution in [0.3, 0.4) is 0 Å². The Morgan fingerprint density at radius 3 is 2.06 bits per heavy atom. The number of unbranched alkanes of at least 4 members (excludes halogenated alkanes) is 4. The summed E-state index contributed by atoms with van der Waals surface area (Å²) >= 11 is -0.839. The van der Waals surface area contributed by atoms with Crippen molar-refractivity contribution in [3.8, 4) is 0 Å². The van der Waals surface area contributed by atoms with E-state index in [-0.39, 0.29) is 23.9 Å². The molecule has 4 nitrogen and oxygen atoms in total. The van der Waals surface area contributed by atoms with Gasteiger partial charge in [0.25, 0.3) is 0 Å². The molecule has 3 saturated carbocycles. The average Bonchev–Trinajstić information content (AvgIpc) is 3.44. The summed E-state index contributed by atoms with van der Waals surface area (Å²) in [7, 11) is 0. The SMILES string of the molecule is CC(C)CCC[C@@H](C)[C@H]1CCC2C3CC=C4CC(OC(=O)CCCCC(=O)[O-])CC[C@]4(C)C3CC[C@@]21C.CCC[CH2][Sn+]([CH2]CCC)[CH2]CCC. The molecule has 0 bridgehead atoms. The van der Waals surface area contributed by atoms with E-state index < -0.39 is 25.7 Å². The van der Waals surface area contributed by atoms with Gasteiger partial charge in [0, 0.05) is 18.8 Å². The van der Waals surface area contributed by atoms with Crippen LogP contribution in [0.1, 0.15) is 190 Å². The zero-order chi connectivity index (χ0) is 36.7. The van der Waals surface area contributed by atoms with Gasteiger partial charge in [-0.1, -0.05) is 65.5 Å². The number of carbonyl (C=O) groups excluding carboxylic acids is 2. The van der Waals surface area contributed by atoms with Crippen LogP contribution in [-0.4, -0.2) is 37.8 Å². The van der Waals surface area contributed by atoms with Crippen molar-refractivity contribution in [2.45, 2.75) is 210 Å². The molecule has 288 valence electrons. The number of fused-ring (bicyclic) bond motifs is 5. The Morgan fingerprint density at radius 1 is 0.820 bits per heavy atom. The molecule has 0 aliphatic heterocycles. The van der Waals surface area contributed by atoms with Crippen LogP contribution in [-0.2, 0) is 14.3 Å². The van der Waals surface area contributed by atoms with E-state index in [9.17, 15) is 14.7 Å². The van der Waals surface area contributed by atoms with Crippen molar-refractivity contribution in [2.75, 3.05) is 0 Å². The molecular weight excluding hydrogens is 723 g/mol. The molecule has 0 spiro atoms. The summed E-state index contributed by atoms with van der Waals surface area (Å²) < 4.78 is 10.9. The van der Waals surface area contributed by atoms with Gasteiger partial charge in [-0.25, -0.2) is 0 Å². The van der Waals surface area contributed by atoms with Crippen molar-refractivity contribution in [1.29, 1.82) is 0 Å². The van der Waals surface area contributed by atoms with Crippen LogP contribution in [0, 0.1) is 46.3 Å². The topological polar surface area (TPSA) is 66.4 Å². The normalized spacial score (nSPS) is 30.7. The Kier molecular flexibility index (Phi) is 19.3. The van der Waals surface area contributed by atoms with Crippen molar-refractivity contribution < 1.29 is 19.4 Å². The van der Waals surface area contributed by atoms with Gasteiger partial charge >= 0.3 is 98.3 Å². The average molecular weight is 804 g/mol. The molecule has 4 unspecified atom stereocenters. The molecular formula is C45H80O4Sn. The van der Waals surface area contributed by atoms with E-state index in [1.54, 1.807) is 18.9 Å². The van der Waals surface area contributed by atoms with Crippen LogP contribution in [0.25, 0.3) is 0 Å². The van der Waals surface area contributed by atoms with Gasteiger partial charge in [0.1, 0.15) is 6.10 Å². The summed E-state index contributed by atoms with van der Waals surface area (Å²) in [5.41, 5.74) is 2.33. The second-order valence-corrected chi connectivity index (χ2v) is 26.8.